The number of halogens is 3. The highest BCUT2D eigenvalue weighted by Gasteiger charge is 2.54. The van der Waals surface area contributed by atoms with E-state index >= 15 is 0 Å². The van der Waals surface area contributed by atoms with E-state index in [1.165, 1.54) is 12.1 Å². The zero-order valence-corrected chi connectivity index (χ0v) is 15.0. The first-order chi connectivity index (χ1) is 13.2. The van der Waals surface area contributed by atoms with Crippen LogP contribution < -0.4 is 5.73 Å². The maximum Gasteiger partial charge on any atom is 0.416 e. The molecule has 0 bridgehead atoms. The van der Waals surface area contributed by atoms with Gasteiger partial charge in [0.15, 0.2) is 5.41 Å². The zero-order chi connectivity index (χ0) is 20.7. The summed E-state index contributed by atoms with van der Waals surface area (Å²) in [4.78, 5) is 1.92. The van der Waals surface area contributed by atoms with E-state index in [2.05, 4.69) is 0 Å². The molecule has 0 radical (unpaired) electrons. The maximum absolute atomic E-state index is 13.3. The zero-order valence-electron chi connectivity index (χ0n) is 15.0. The number of hydrogen-bond acceptors (Lipinski definition) is 5. The monoisotopic (exact) mass is 383 g/mol. The summed E-state index contributed by atoms with van der Waals surface area (Å²) in [5.74, 6) is -1.45. The Morgan fingerprint density at radius 1 is 1.21 bits per heavy atom. The molecule has 0 saturated carbocycles. The lowest BCUT2D eigenvalue weighted by molar-refractivity contribution is -0.137. The van der Waals surface area contributed by atoms with Crippen molar-refractivity contribution in [3.8, 4) is 18.2 Å². The molecule has 2 aliphatic rings. The Morgan fingerprint density at radius 3 is 2.46 bits per heavy atom. The van der Waals surface area contributed by atoms with Crippen LogP contribution in [-0.2, 0) is 6.18 Å². The fraction of sp³-hybridized carbons (Fsp3) is 0.350. The van der Waals surface area contributed by atoms with Crippen LogP contribution in [0.2, 0.25) is 0 Å². The first-order valence-corrected chi connectivity index (χ1v) is 8.48. The lowest BCUT2D eigenvalue weighted by Crippen LogP contribution is -2.47. The number of alkyl halides is 3. The van der Waals surface area contributed by atoms with Gasteiger partial charge in [0, 0.05) is 24.9 Å². The number of allylic oxidation sites excluding steroid dienone is 2. The third kappa shape index (κ3) is 2.81. The second-order valence-corrected chi connectivity index (χ2v) is 7.02. The van der Waals surface area contributed by atoms with E-state index in [9.17, 15) is 29.0 Å². The molecule has 2 unspecified atom stereocenters. The SMILES string of the molecule is CN1CC=C2C(C#N)=C(N)C(C#N)(C#N)C(c3cccc(C(F)(F)F)c3)C2C1. The summed E-state index contributed by atoms with van der Waals surface area (Å²) in [6, 6.07) is 10.4. The van der Waals surface area contributed by atoms with Crippen LogP contribution in [0.5, 0.6) is 0 Å². The molecule has 0 amide bonds. The molecule has 8 heteroatoms. The molecule has 1 aromatic rings. The first kappa shape index (κ1) is 19.5. The first-order valence-electron chi connectivity index (χ1n) is 8.48. The van der Waals surface area contributed by atoms with Crippen LogP contribution in [0.4, 0.5) is 13.2 Å². The highest BCUT2D eigenvalue weighted by Crippen LogP contribution is 2.54. The van der Waals surface area contributed by atoms with Gasteiger partial charge in [0.05, 0.1) is 29.0 Å². The van der Waals surface area contributed by atoms with E-state index in [1.807, 2.05) is 30.2 Å². The second-order valence-electron chi connectivity index (χ2n) is 7.02. The number of nitrogens with zero attached hydrogens (tertiary/aromatic N) is 4. The largest absolute Gasteiger partial charge is 0.416 e. The molecule has 5 nitrogen and oxygen atoms in total. The molecule has 1 aromatic carbocycles. The van der Waals surface area contributed by atoms with Crippen molar-refractivity contribution in [1.82, 2.24) is 4.90 Å². The molecule has 0 spiro atoms. The lowest BCUT2D eigenvalue weighted by Gasteiger charge is -2.45. The lowest BCUT2D eigenvalue weighted by atomic mass is 9.58. The number of rotatable bonds is 1. The van der Waals surface area contributed by atoms with Crippen LogP contribution in [0.15, 0.2) is 47.2 Å². The van der Waals surface area contributed by atoms with Crippen molar-refractivity contribution in [1.29, 1.82) is 15.8 Å². The molecule has 0 saturated heterocycles. The quantitative estimate of drug-likeness (QED) is 0.803. The van der Waals surface area contributed by atoms with Gasteiger partial charge in [0.2, 0.25) is 0 Å². The fourth-order valence-electron chi connectivity index (χ4n) is 4.11. The molecule has 2 N–H and O–H groups in total. The van der Waals surface area contributed by atoms with Crippen molar-refractivity contribution >= 4 is 0 Å². The predicted molar refractivity (Wildman–Crippen MR) is 93.7 cm³/mol. The fourth-order valence-corrected chi connectivity index (χ4v) is 4.11. The minimum Gasteiger partial charge on any atom is -0.399 e. The van der Waals surface area contributed by atoms with Gasteiger partial charge in [-0.3, -0.25) is 0 Å². The van der Waals surface area contributed by atoms with Gasteiger partial charge in [-0.25, -0.2) is 0 Å². The summed E-state index contributed by atoms with van der Waals surface area (Å²) >= 11 is 0. The Labute approximate surface area is 160 Å². The van der Waals surface area contributed by atoms with Crippen molar-refractivity contribution < 1.29 is 13.2 Å². The van der Waals surface area contributed by atoms with Crippen LogP contribution in [0, 0.1) is 45.3 Å². The molecule has 2 atom stereocenters. The van der Waals surface area contributed by atoms with Gasteiger partial charge in [0.1, 0.15) is 6.07 Å². The molecular weight excluding hydrogens is 367 g/mol. The van der Waals surface area contributed by atoms with E-state index in [4.69, 9.17) is 5.73 Å². The predicted octanol–water partition coefficient (Wildman–Crippen LogP) is 3.06. The van der Waals surface area contributed by atoms with Crippen LogP contribution in [0.25, 0.3) is 0 Å². The highest BCUT2D eigenvalue weighted by atomic mass is 19.4. The number of nitrogens with two attached hydrogens (primary N) is 1. The van der Waals surface area contributed by atoms with Crippen molar-refractivity contribution in [2.75, 3.05) is 20.1 Å². The molecule has 1 aliphatic carbocycles. The van der Waals surface area contributed by atoms with Gasteiger partial charge < -0.3 is 10.6 Å². The van der Waals surface area contributed by atoms with Crippen molar-refractivity contribution in [3.63, 3.8) is 0 Å². The number of fused-ring (bicyclic) bond motifs is 1. The van der Waals surface area contributed by atoms with E-state index in [0.717, 1.165) is 12.1 Å². The van der Waals surface area contributed by atoms with E-state index in [1.54, 1.807) is 6.08 Å². The molecule has 3 rings (SSSR count). The topological polar surface area (TPSA) is 101 Å². The highest BCUT2D eigenvalue weighted by molar-refractivity contribution is 5.59. The van der Waals surface area contributed by atoms with Gasteiger partial charge in [-0.1, -0.05) is 24.3 Å². The normalized spacial score (nSPS) is 24.4. The smallest absolute Gasteiger partial charge is 0.399 e. The van der Waals surface area contributed by atoms with Crippen molar-refractivity contribution in [2.24, 2.45) is 17.1 Å². The summed E-state index contributed by atoms with van der Waals surface area (Å²) in [5, 5.41) is 29.4. The summed E-state index contributed by atoms with van der Waals surface area (Å²) in [7, 11) is 1.82. The van der Waals surface area contributed by atoms with Gasteiger partial charge in [0.25, 0.3) is 0 Å². The van der Waals surface area contributed by atoms with Crippen LogP contribution in [-0.4, -0.2) is 25.0 Å². The number of nitriles is 3. The van der Waals surface area contributed by atoms with Crippen molar-refractivity contribution in [2.45, 2.75) is 12.1 Å². The Kier molecular flexibility index (Phi) is 4.67. The molecule has 1 aliphatic heterocycles. The minimum absolute atomic E-state index is 0.0735. The van der Waals surface area contributed by atoms with Crippen LogP contribution in [0.1, 0.15) is 17.0 Å². The Balaban J connectivity index is 2.32. The maximum atomic E-state index is 13.3. The Morgan fingerprint density at radius 2 is 1.89 bits per heavy atom. The minimum atomic E-state index is -4.56. The third-order valence-electron chi connectivity index (χ3n) is 5.42. The molecule has 142 valence electrons. The average Bonchev–Trinajstić information content (AvgIpc) is 2.67. The summed E-state index contributed by atoms with van der Waals surface area (Å²) in [6.45, 7) is 0.919. The second kappa shape index (κ2) is 6.71. The molecule has 28 heavy (non-hydrogen) atoms. The van der Waals surface area contributed by atoms with E-state index in [-0.39, 0.29) is 16.8 Å². The third-order valence-corrected chi connectivity index (χ3v) is 5.42. The standard InChI is InChI=1S/C20H16F3N5/c1-28-6-5-14-15(8-24)18(27)19(10-25,11-26)17(16(14)9-28)12-3-2-4-13(7-12)20(21,22)23/h2-5,7,16-17H,6,9,27H2,1H3. The summed E-state index contributed by atoms with van der Waals surface area (Å²) in [6.07, 6.45) is -2.77. The molecular formula is C20H16F3N5. The van der Waals surface area contributed by atoms with E-state index in [0.29, 0.717) is 18.7 Å². The van der Waals surface area contributed by atoms with Crippen LogP contribution in [0.3, 0.4) is 0 Å². The number of likely N-dealkylation sites (N-methyl/N-ethyl adjacent to an activating group) is 1. The van der Waals surface area contributed by atoms with Crippen LogP contribution >= 0.6 is 0 Å². The molecule has 0 aromatic heterocycles. The Bertz CT molecular complexity index is 986. The number of hydrogen-bond donors (Lipinski definition) is 1. The summed E-state index contributed by atoms with van der Waals surface area (Å²) < 4.78 is 39.8. The Hall–Kier alpha value is -3.28. The van der Waals surface area contributed by atoms with Gasteiger partial charge >= 0.3 is 6.18 Å². The molecule has 1 heterocycles. The molecule has 0 fully saturated rings. The van der Waals surface area contributed by atoms with Gasteiger partial charge in [-0.15, -0.1) is 0 Å². The number of benzene rings is 1. The van der Waals surface area contributed by atoms with Crippen molar-refractivity contribution in [3.05, 3.63) is 58.3 Å². The van der Waals surface area contributed by atoms with Gasteiger partial charge in [-0.05, 0) is 24.3 Å². The van der Waals surface area contributed by atoms with E-state index < -0.39 is 29.0 Å². The van der Waals surface area contributed by atoms with Gasteiger partial charge in [-0.2, -0.15) is 29.0 Å². The summed E-state index contributed by atoms with van der Waals surface area (Å²) in [5.41, 5.74) is 3.98. The average molecular weight is 383 g/mol.